The number of nitrogens with zero attached hydrogens (tertiary/aromatic N) is 1. The van der Waals surface area contributed by atoms with Crippen LogP contribution in [-0.2, 0) is 11.4 Å². The maximum Gasteiger partial charge on any atom is 0.266 e. The average Bonchev–Trinajstić information content (AvgIpc) is 2.74. The SMILES string of the molecule is Cc1ccc(C)c(NC(=O)/C(C#N)=C/c2ccc(OCc3cccc(F)c3)c(Cl)c2)c1. The molecule has 0 spiro atoms. The number of amides is 1. The van der Waals surface area contributed by atoms with Crippen LogP contribution < -0.4 is 10.1 Å². The monoisotopic (exact) mass is 434 g/mol. The molecule has 0 radical (unpaired) electrons. The number of nitrogens with one attached hydrogen (secondary N) is 1. The highest BCUT2D eigenvalue weighted by molar-refractivity contribution is 6.32. The van der Waals surface area contributed by atoms with Crippen molar-refractivity contribution in [2.24, 2.45) is 0 Å². The second-order valence-corrected chi connectivity index (χ2v) is 7.46. The van der Waals surface area contributed by atoms with E-state index in [9.17, 15) is 14.4 Å². The van der Waals surface area contributed by atoms with Gasteiger partial charge in [-0.05, 0) is 72.5 Å². The Kier molecular flexibility index (Phi) is 7.07. The van der Waals surface area contributed by atoms with Crippen LogP contribution in [0.3, 0.4) is 0 Å². The highest BCUT2D eigenvalue weighted by Gasteiger charge is 2.12. The molecule has 6 heteroatoms. The molecule has 4 nitrogen and oxygen atoms in total. The van der Waals surface area contributed by atoms with E-state index in [2.05, 4.69) is 5.32 Å². The summed E-state index contributed by atoms with van der Waals surface area (Å²) in [7, 11) is 0. The Morgan fingerprint density at radius 3 is 2.68 bits per heavy atom. The Morgan fingerprint density at radius 2 is 1.97 bits per heavy atom. The van der Waals surface area contributed by atoms with Crippen LogP contribution in [0.1, 0.15) is 22.3 Å². The molecule has 3 aromatic rings. The first-order chi connectivity index (χ1) is 14.9. The molecule has 3 aromatic carbocycles. The Bertz CT molecular complexity index is 1200. The molecule has 0 saturated carbocycles. The lowest BCUT2D eigenvalue weighted by atomic mass is 10.1. The third kappa shape index (κ3) is 5.94. The Labute approximate surface area is 185 Å². The maximum atomic E-state index is 13.3. The van der Waals surface area contributed by atoms with Crippen LogP contribution in [0.15, 0.2) is 66.2 Å². The van der Waals surface area contributed by atoms with Crippen molar-refractivity contribution >= 4 is 29.3 Å². The molecular formula is C25H20ClFN2O2. The van der Waals surface area contributed by atoms with Crippen LogP contribution in [0, 0.1) is 31.0 Å². The zero-order valence-corrected chi connectivity index (χ0v) is 17.8. The Balaban J connectivity index is 1.73. The molecule has 156 valence electrons. The number of carbonyl (C=O) groups is 1. The number of halogens is 2. The molecule has 0 aliphatic carbocycles. The lowest BCUT2D eigenvalue weighted by molar-refractivity contribution is -0.112. The molecule has 31 heavy (non-hydrogen) atoms. The second kappa shape index (κ2) is 9.92. The number of hydrogen-bond acceptors (Lipinski definition) is 3. The highest BCUT2D eigenvalue weighted by Crippen LogP contribution is 2.27. The molecule has 1 N–H and O–H groups in total. The van der Waals surface area contributed by atoms with Gasteiger partial charge in [-0.15, -0.1) is 0 Å². The van der Waals surface area contributed by atoms with Gasteiger partial charge in [0.05, 0.1) is 5.02 Å². The van der Waals surface area contributed by atoms with E-state index in [1.807, 2.05) is 38.1 Å². The van der Waals surface area contributed by atoms with Crippen molar-refractivity contribution < 1.29 is 13.9 Å². The fraction of sp³-hybridized carbons (Fsp3) is 0.120. The quantitative estimate of drug-likeness (QED) is 0.370. The van der Waals surface area contributed by atoms with Crippen molar-refractivity contribution in [2.75, 3.05) is 5.32 Å². The lowest BCUT2D eigenvalue weighted by Gasteiger charge is -2.10. The fourth-order valence-corrected chi connectivity index (χ4v) is 3.13. The van der Waals surface area contributed by atoms with Gasteiger partial charge in [0, 0.05) is 5.69 Å². The largest absolute Gasteiger partial charge is 0.487 e. The van der Waals surface area contributed by atoms with E-state index >= 15 is 0 Å². The molecule has 0 saturated heterocycles. The molecule has 0 heterocycles. The van der Waals surface area contributed by atoms with E-state index < -0.39 is 5.91 Å². The molecule has 3 rings (SSSR count). The van der Waals surface area contributed by atoms with Crippen molar-refractivity contribution in [3.63, 3.8) is 0 Å². The zero-order chi connectivity index (χ0) is 22.4. The Morgan fingerprint density at radius 1 is 1.16 bits per heavy atom. The minimum atomic E-state index is -0.501. The summed E-state index contributed by atoms with van der Waals surface area (Å²) in [6.45, 7) is 3.97. The van der Waals surface area contributed by atoms with Crippen LogP contribution in [0.2, 0.25) is 5.02 Å². The number of nitriles is 1. The minimum Gasteiger partial charge on any atom is -0.487 e. The molecule has 0 unspecified atom stereocenters. The molecule has 0 bridgehead atoms. The van der Waals surface area contributed by atoms with Gasteiger partial charge >= 0.3 is 0 Å². The maximum absolute atomic E-state index is 13.3. The topological polar surface area (TPSA) is 62.1 Å². The third-order valence-electron chi connectivity index (χ3n) is 4.56. The van der Waals surface area contributed by atoms with E-state index in [0.29, 0.717) is 27.6 Å². The third-order valence-corrected chi connectivity index (χ3v) is 4.85. The van der Waals surface area contributed by atoms with Gasteiger partial charge in [-0.3, -0.25) is 4.79 Å². The van der Waals surface area contributed by atoms with Crippen LogP contribution in [0.4, 0.5) is 10.1 Å². The van der Waals surface area contributed by atoms with Crippen molar-refractivity contribution in [1.82, 2.24) is 0 Å². The van der Waals surface area contributed by atoms with Gasteiger partial charge in [0.25, 0.3) is 5.91 Å². The number of aryl methyl sites for hydroxylation is 2. The summed E-state index contributed by atoms with van der Waals surface area (Å²) in [6, 6.07) is 18.7. The minimum absolute atomic E-state index is 0.0506. The summed E-state index contributed by atoms with van der Waals surface area (Å²) in [5.41, 5.74) is 3.77. The normalized spacial score (nSPS) is 11.0. The van der Waals surface area contributed by atoms with Crippen LogP contribution in [0.25, 0.3) is 6.08 Å². The summed E-state index contributed by atoms with van der Waals surface area (Å²) >= 11 is 6.29. The van der Waals surface area contributed by atoms with Crippen LogP contribution >= 0.6 is 11.6 Å². The van der Waals surface area contributed by atoms with Gasteiger partial charge in [-0.25, -0.2) is 4.39 Å². The van der Waals surface area contributed by atoms with Crippen molar-refractivity contribution in [1.29, 1.82) is 5.26 Å². The number of ether oxygens (including phenoxy) is 1. The average molecular weight is 435 g/mol. The van der Waals surface area contributed by atoms with Crippen LogP contribution in [-0.4, -0.2) is 5.91 Å². The van der Waals surface area contributed by atoms with Gasteiger partial charge in [0.2, 0.25) is 0 Å². The van der Waals surface area contributed by atoms with Gasteiger partial charge in [-0.2, -0.15) is 5.26 Å². The number of anilines is 1. The predicted octanol–water partition coefficient (Wildman–Crippen LogP) is 6.22. The molecule has 0 aromatic heterocycles. The van der Waals surface area contributed by atoms with Crippen molar-refractivity contribution in [3.05, 3.63) is 99.3 Å². The van der Waals surface area contributed by atoms with Crippen molar-refractivity contribution in [3.8, 4) is 11.8 Å². The second-order valence-electron chi connectivity index (χ2n) is 7.05. The molecule has 0 aliphatic heterocycles. The zero-order valence-electron chi connectivity index (χ0n) is 17.1. The summed E-state index contributed by atoms with van der Waals surface area (Å²) in [4.78, 5) is 12.6. The molecule has 0 atom stereocenters. The first-order valence-electron chi connectivity index (χ1n) is 9.53. The van der Waals surface area contributed by atoms with E-state index in [4.69, 9.17) is 16.3 Å². The summed E-state index contributed by atoms with van der Waals surface area (Å²) in [5.74, 6) is -0.420. The van der Waals surface area contributed by atoms with Crippen molar-refractivity contribution in [2.45, 2.75) is 20.5 Å². The predicted molar refractivity (Wildman–Crippen MR) is 120 cm³/mol. The lowest BCUT2D eigenvalue weighted by Crippen LogP contribution is -2.14. The first kappa shape index (κ1) is 22.1. The number of benzene rings is 3. The van der Waals surface area contributed by atoms with Gasteiger partial charge < -0.3 is 10.1 Å². The number of rotatable bonds is 6. The molecular weight excluding hydrogens is 415 g/mol. The number of carbonyl (C=O) groups excluding carboxylic acids is 1. The fourth-order valence-electron chi connectivity index (χ4n) is 2.89. The van der Waals surface area contributed by atoms with E-state index in [-0.39, 0.29) is 18.0 Å². The molecule has 1 amide bonds. The van der Waals surface area contributed by atoms with Gasteiger partial charge in [0.1, 0.15) is 29.8 Å². The van der Waals surface area contributed by atoms with Gasteiger partial charge in [0.15, 0.2) is 0 Å². The van der Waals surface area contributed by atoms with E-state index in [1.165, 1.54) is 18.2 Å². The molecule has 0 fully saturated rings. The first-order valence-corrected chi connectivity index (χ1v) is 9.90. The summed E-state index contributed by atoms with van der Waals surface area (Å²) in [6.07, 6.45) is 1.46. The smallest absolute Gasteiger partial charge is 0.266 e. The summed E-state index contributed by atoms with van der Waals surface area (Å²) < 4.78 is 18.9. The number of hydrogen-bond donors (Lipinski definition) is 1. The Hall–Kier alpha value is -3.62. The van der Waals surface area contributed by atoms with Crippen LogP contribution in [0.5, 0.6) is 5.75 Å². The summed E-state index contributed by atoms with van der Waals surface area (Å²) in [5, 5.41) is 12.5. The molecule has 0 aliphatic rings. The standard InChI is InChI=1S/C25H20ClFN2O2/c1-16-6-7-17(2)23(10-16)29-25(30)20(14-28)11-18-8-9-24(22(26)13-18)31-15-19-4-3-5-21(27)12-19/h3-13H,15H2,1-2H3,(H,29,30)/b20-11+. The van der Waals surface area contributed by atoms with E-state index in [1.54, 1.807) is 30.3 Å². The van der Waals surface area contributed by atoms with E-state index in [0.717, 1.165) is 11.1 Å². The van der Waals surface area contributed by atoms with Gasteiger partial charge in [-0.1, -0.05) is 41.9 Å². The highest BCUT2D eigenvalue weighted by atomic mass is 35.5.